The first-order chi connectivity index (χ1) is 11.3. The largest absolute Gasteiger partial charge is 0.375 e. The van der Waals surface area contributed by atoms with Gasteiger partial charge < -0.3 is 10.4 Å². The Morgan fingerprint density at radius 1 is 1.29 bits per heavy atom. The van der Waals surface area contributed by atoms with Gasteiger partial charge in [0.05, 0.1) is 11.3 Å². The molecular formula is C16H11BrN2O5. The molecule has 1 amide bonds. The average molecular weight is 391 g/mol. The van der Waals surface area contributed by atoms with Gasteiger partial charge in [-0.3, -0.25) is 19.7 Å². The molecule has 122 valence electrons. The molecule has 3 rings (SSSR count). The average Bonchev–Trinajstić information content (AvgIpc) is 2.79. The SMILES string of the molecule is O=C(C[C@@]1(O)C(=O)Nc2ccc(Br)cc21)c1cccc([N+](=O)[O-])c1. The van der Waals surface area contributed by atoms with Crippen LogP contribution in [0.3, 0.4) is 0 Å². The van der Waals surface area contributed by atoms with E-state index in [1.165, 1.54) is 18.2 Å². The lowest BCUT2D eigenvalue weighted by Gasteiger charge is -2.20. The van der Waals surface area contributed by atoms with Crippen molar-refractivity contribution < 1.29 is 19.6 Å². The highest BCUT2D eigenvalue weighted by molar-refractivity contribution is 9.10. The summed E-state index contributed by atoms with van der Waals surface area (Å²) in [5.41, 5.74) is -1.46. The molecule has 0 bridgehead atoms. The van der Waals surface area contributed by atoms with Gasteiger partial charge in [-0.05, 0) is 18.2 Å². The lowest BCUT2D eigenvalue weighted by atomic mass is 9.88. The van der Waals surface area contributed by atoms with E-state index >= 15 is 0 Å². The molecule has 0 spiro atoms. The van der Waals surface area contributed by atoms with Crippen molar-refractivity contribution in [1.29, 1.82) is 0 Å². The Hall–Kier alpha value is -2.58. The Morgan fingerprint density at radius 3 is 2.75 bits per heavy atom. The predicted octanol–water partition coefficient (Wildman–Crippen LogP) is 2.77. The minimum atomic E-state index is -2.01. The highest BCUT2D eigenvalue weighted by atomic mass is 79.9. The summed E-state index contributed by atoms with van der Waals surface area (Å²) in [6, 6.07) is 10.1. The zero-order valence-corrected chi connectivity index (χ0v) is 13.7. The van der Waals surface area contributed by atoms with Gasteiger partial charge in [0.25, 0.3) is 11.6 Å². The maximum absolute atomic E-state index is 12.4. The first-order valence-electron chi connectivity index (χ1n) is 6.93. The Balaban J connectivity index is 1.95. The van der Waals surface area contributed by atoms with Crippen LogP contribution in [0.15, 0.2) is 46.9 Å². The van der Waals surface area contributed by atoms with Crippen LogP contribution in [0.5, 0.6) is 0 Å². The maximum Gasteiger partial charge on any atom is 0.270 e. The van der Waals surface area contributed by atoms with Crippen molar-refractivity contribution in [3.05, 3.63) is 68.2 Å². The molecule has 0 unspecified atom stereocenters. The molecule has 2 N–H and O–H groups in total. The van der Waals surface area contributed by atoms with Crippen molar-refractivity contribution >= 4 is 39.0 Å². The first-order valence-corrected chi connectivity index (χ1v) is 7.72. The first kappa shape index (κ1) is 16.3. The molecular weight excluding hydrogens is 380 g/mol. The van der Waals surface area contributed by atoms with Gasteiger partial charge >= 0.3 is 0 Å². The Morgan fingerprint density at radius 2 is 2.04 bits per heavy atom. The second-order valence-corrected chi connectivity index (χ2v) is 6.33. The van der Waals surface area contributed by atoms with Crippen LogP contribution in [0.1, 0.15) is 22.3 Å². The van der Waals surface area contributed by atoms with E-state index in [4.69, 9.17) is 0 Å². The number of nitro benzene ring substituents is 1. The van der Waals surface area contributed by atoms with Crippen molar-refractivity contribution in [3.8, 4) is 0 Å². The number of nitro groups is 1. The second-order valence-electron chi connectivity index (χ2n) is 5.41. The summed E-state index contributed by atoms with van der Waals surface area (Å²) in [5.74, 6) is -1.27. The van der Waals surface area contributed by atoms with E-state index in [1.54, 1.807) is 18.2 Å². The number of amides is 1. The standard InChI is InChI=1S/C16H11BrN2O5/c17-10-4-5-13-12(7-10)16(22,15(21)18-13)8-14(20)9-2-1-3-11(6-9)19(23)24/h1-7,22H,8H2,(H,18,21)/t16-/m0/s1. The molecule has 2 aromatic rings. The van der Waals surface area contributed by atoms with E-state index in [0.717, 1.165) is 6.07 Å². The molecule has 1 heterocycles. The third-order valence-corrected chi connectivity index (χ3v) is 4.34. The van der Waals surface area contributed by atoms with Crippen LogP contribution in [0.4, 0.5) is 11.4 Å². The fourth-order valence-electron chi connectivity index (χ4n) is 2.62. The number of nitrogens with one attached hydrogen (secondary N) is 1. The number of hydrogen-bond donors (Lipinski definition) is 2. The molecule has 0 fully saturated rings. The van der Waals surface area contributed by atoms with Gasteiger partial charge in [0.1, 0.15) is 0 Å². The number of ketones is 1. The molecule has 8 heteroatoms. The molecule has 0 saturated heterocycles. The minimum absolute atomic E-state index is 0.0638. The topological polar surface area (TPSA) is 110 Å². The monoisotopic (exact) mass is 390 g/mol. The van der Waals surface area contributed by atoms with E-state index in [1.807, 2.05) is 0 Å². The molecule has 7 nitrogen and oxygen atoms in total. The van der Waals surface area contributed by atoms with Crippen LogP contribution in [0.2, 0.25) is 0 Å². The van der Waals surface area contributed by atoms with Crippen LogP contribution in [0.25, 0.3) is 0 Å². The van der Waals surface area contributed by atoms with Gasteiger partial charge in [-0.25, -0.2) is 0 Å². The fourth-order valence-corrected chi connectivity index (χ4v) is 2.98. The van der Waals surface area contributed by atoms with Gasteiger partial charge in [-0.15, -0.1) is 0 Å². The molecule has 1 aliphatic heterocycles. The van der Waals surface area contributed by atoms with E-state index < -0.39 is 28.6 Å². The summed E-state index contributed by atoms with van der Waals surface area (Å²) >= 11 is 3.26. The van der Waals surface area contributed by atoms with Crippen LogP contribution < -0.4 is 5.32 Å². The van der Waals surface area contributed by atoms with Crippen molar-refractivity contribution in [2.45, 2.75) is 12.0 Å². The minimum Gasteiger partial charge on any atom is -0.375 e. The molecule has 0 radical (unpaired) electrons. The molecule has 24 heavy (non-hydrogen) atoms. The number of anilines is 1. The maximum atomic E-state index is 12.4. The van der Waals surface area contributed by atoms with Gasteiger partial charge in [0, 0.05) is 33.4 Å². The number of benzene rings is 2. The Bertz CT molecular complexity index is 883. The van der Waals surface area contributed by atoms with Gasteiger partial charge in [-0.1, -0.05) is 28.1 Å². The van der Waals surface area contributed by atoms with Crippen molar-refractivity contribution in [2.24, 2.45) is 0 Å². The van der Waals surface area contributed by atoms with Gasteiger partial charge in [0.2, 0.25) is 0 Å². The van der Waals surface area contributed by atoms with Crippen molar-refractivity contribution in [2.75, 3.05) is 5.32 Å². The molecule has 0 saturated carbocycles. The summed E-state index contributed by atoms with van der Waals surface area (Å²) in [7, 11) is 0. The van der Waals surface area contributed by atoms with Crippen LogP contribution in [-0.2, 0) is 10.4 Å². The van der Waals surface area contributed by atoms with Crippen LogP contribution >= 0.6 is 15.9 Å². The number of nitrogens with zero attached hydrogens (tertiary/aromatic N) is 1. The highest BCUT2D eigenvalue weighted by Crippen LogP contribution is 2.40. The summed E-state index contributed by atoms with van der Waals surface area (Å²) in [5, 5.41) is 24.1. The lowest BCUT2D eigenvalue weighted by Crippen LogP contribution is -2.36. The van der Waals surface area contributed by atoms with E-state index in [9.17, 15) is 24.8 Å². The summed E-state index contributed by atoms with van der Waals surface area (Å²) in [4.78, 5) is 34.8. The zero-order chi connectivity index (χ0) is 17.5. The Kier molecular flexibility index (Phi) is 3.94. The molecule has 2 aromatic carbocycles. The zero-order valence-electron chi connectivity index (χ0n) is 12.2. The third-order valence-electron chi connectivity index (χ3n) is 3.85. The third kappa shape index (κ3) is 2.70. The number of carbonyl (C=O) groups is 2. The van der Waals surface area contributed by atoms with Crippen LogP contribution in [-0.4, -0.2) is 21.7 Å². The normalized spacial score (nSPS) is 18.8. The van der Waals surface area contributed by atoms with E-state index in [0.29, 0.717) is 15.7 Å². The predicted molar refractivity (Wildman–Crippen MR) is 88.7 cm³/mol. The molecule has 0 aromatic heterocycles. The number of non-ortho nitro benzene ring substituents is 1. The number of hydrogen-bond acceptors (Lipinski definition) is 5. The number of fused-ring (bicyclic) bond motifs is 1. The summed E-state index contributed by atoms with van der Waals surface area (Å²) in [6.45, 7) is 0. The van der Waals surface area contributed by atoms with E-state index in [-0.39, 0.29) is 11.3 Å². The molecule has 1 aliphatic rings. The number of Topliss-reactive ketones (excluding diaryl/α,β-unsaturated/α-hetero) is 1. The van der Waals surface area contributed by atoms with Crippen LogP contribution in [0, 0.1) is 10.1 Å². The quantitative estimate of drug-likeness (QED) is 0.473. The smallest absolute Gasteiger partial charge is 0.270 e. The van der Waals surface area contributed by atoms with E-state index in [2.05, 4.69) is 21.2 Å². The van der Waals surface area contributed by atoms with Gasteiger partial charge in [0.15, 0.2) is 11.4 Å². The highest BCUT2D eigenvalue weighted by Gasteiger charge is 2.46. The Labute approximate surface area is 144 Å². The number of aliphatic hydroxyl groups is 1. The van der Waals surface area contributed by atoms with Gasteiger partial charge in [-0.2, -0.15) is 0 Å². The number of carbonyl (C=O) groups excluding carboxylic acids is 2. The number of rotatable bonds is 4. The molecule has 0 aliphatic carbocycles. The number of halogens is 1. The van der Waals surface area contributed by atoms with Crippen molar-refractivity contribution in [1.82, 2.24) is 0 Å². The summed E-state index contributed by atoms with van der Waals surface area (Å²) in [6.07, 6.45) is -0.510. The van der Waals surface area contributed by atoms with Crippen molar-refractivity contribution in [3.63, 3.8) is 0 Å². The fraction of sp³-hybridized carbons (Fsp3) is 0.125. The summed E-state index contributed by atoms with van der Waals surface area (Å²) < 4.78 is 0.652. The second kappa shape index (κ2) is 5.81. The molecule has 1 atom stereocenters. The lowest BCUT2D eigenvalue weighted by molar-refractivity contribution is -0.384.